The first-order chi connectivity index (χ1) is 9.43. The van der Waals surface area contributed by atoms with Crippen molar-refractivity contribution >= 4 is 5.97 Å². The molecule has 1 aliphatic rings. The first kappa shape index (κ1) is 14.6. The maximum Gasteiger partial charge on any atom is 0.304 e. The van der Waals surface area contributed by atoms with Crippen LogP contribution in [0.1, 0.15) is 43.5 Å². The first-order valence-electron chi connectivity index (χ1n) is 6.56. The van der Waals surface area contributed by atoms with Crippen LogP contribution in [0.2, 0.25) is 0 Å². The average molecular weight is 282 g/mol. The van der Waals surface area contributed by atoms with Crippen LogP contribution in [-0.2, 0) is 10.2 Å². The van der Waals surface area contributed by atoms with E-state index in [1.165, 1.54) is 21.1 Å². The minimum atomic E-state index is -1.18. The lowest BCUT2D eigenvalue weighted by Gasteiger charge is -2.20. The van der Waals surface area contributed by atoms with Crippen LogP contribution in [0.4, 0.5) is 4.39 Å². The third kappa shape index (κ3) is 2.57. The van der Waals surface area contributed by atoms with Crippen molar-refractivity contribution in [3.05, 3.63) is 23.3 Å². The summed E-state index contributed by atoms with van der Waals surface area (Å²) in [5.74, 6) is 0.131. The maximum atomic E-state index is 13.7. The van der Waals surface area contributed by atoms with Gasteiger partial charge >= 0.3 is 5.97 Å². The molecule has 110 valence electrons. The lowest BCUT2D eigenvalue weighted by atomic mass is 9.89. The van der Waals surface area contributed by atoms with E-state index in [0.29, 0.717) is 17.1 Å². The van der Waals surface area contributed by atoms with E-state index in [4.69, 9.17) is 14.6 Å². The summed E-state index contributed by atoms with van der Waals surface area (Å²) in [5, 5.41) is 9.05. The number of rotatable bonds is 6. The topological polar surface area (TPSA) is 55.8 Å². The Labute approximate surface area is 117 Å². The van der Waals surface area contributed by atoms with Crippen LogP contribution < -0.4 is 9.47 Å². The number of alkyl halides is 1. The number of carboxylic acids is 1. The molecule has 2 rings (SSSR count). The fourth-order valence-corrected chi connectivity index (χ4v) is 2.63. The van der Waals surface area contributed by atoms with E-state index in [-0.39, 0.29) is 6.42 Å². The number of hydrogen-bond donors (Lipinski definition) is 1. The van der Waals surface area contributed by atoms with Gasteiger partial charge in [-0.05, 0) is 25.8 Å². The van der Waals surface area contributed by atoms with Gasteiger partial charge < -0.3 is 14.6 Å². The summed E-state index contributed by atoms with van der Waals surface area (Å²) in [7, 11) is 3.00. The van der Waals surface area contributed by atoms with Crippen LogP contribution in [0.3, 0.4) is 0 Å². The minimum absolute atomic E-state index is 0.0375. The van der Waals surface area contributed by atoms with Gasteiger partial charge in [0.1, 0.15) is 17.7 Å². The molecule has 1 aliphatic carbocycles. The Morgan fingerprint density at radius 1 is 1.35 bits per heavy atom. The van der Waals surface area contributed by atoms with Crippen LogP contribution in [0.5, 0.6) is 11.5 Å². The molecule has 5 heteroatoms. The molecule has 0 bridgehead atoms. The van der Waals surface area contributed by atoms with E-state index in [2.05, 4.69) is 0 Å². The van der Waals surface area contributed by atoms with Gasteiger partial charge in [-0.1, -0.05) is 0 Å². The molecular formula is C15H19FO4. The number of carboxylic acid groups (broad SMARTS) is 1. The predicted octanol–water partition coefficient (Wildman–Crippen LogP) is 3.24. The third-order valence-electron chi connectivity index (χ3n) is 3.89. The number of hydrogen-bond acceptors (Lipinski definition) is 3. The Hall–Kier alpha value is -1.78. The molecular weight excluding hydrogens is 263 g/mol. The standard InChI is InChI=1S/C15H19FO4/c1-9(16)10-6-11(13(20-3)7-12(10)19-2)15(4-5-15)8-14(17)18/h6-7,9H,4-5,8H2,1-3H3,(H,17,18). The Balaban J connectivity index is 2.51. The molecule has 1 aromatic rings. The van der Waals surface area contributed by atoms with Gasteiger partial charge in [0.15, 0.2) is 0 Å². The van der Waals surface area contributed by atoms with Crippen molar-refractivity contribution in [2.45, 2.75) is 37.8 Å². The van der Waals surface area contributed by atoms with Crippen molar-refractivity contribution in [1.82, 2.24) is 0 Å². The molecule has 1 unspecified atom stereocenters. The fraction of sp³-hybridized carbons (Fsp3) is 0.533. The molecule has 1 atom stereocenters. The second-order valence-corrected chi connectivity index (χ2v) is 5.26. The summed E-state index contributed by atoms with van der Waals surface area (Å²) in [5.41, 5.74) is 0.773. The molecule has 0 spiro atoms. The summed E-state index contributed by atoms with van der Waals surface area (Å²) in [6.07, 6.45) is 0.412. The highest BCUT2D eigenvalue weighted by Crippen LogP contribution is 2.55. The summed E-state index contributed by atoms with van der Waals surface area (Å²) in [4.78, 5) is 11.0. The lowest BCUT2D eigenvalue weighted by molar-refractivity contribution is -0.137. The van der Waals surface area contributed by atoms with Gasteiger partial charge in [0.25, 0.3) is 0 Å². The Bertz CT molecular complexity index is 521. The zero-order valence-electron chi connectivity index (χ0n) is 11.9. The second kappa shape index (κ2) is 5.31. The van der Waals surface area contributed by atoms with Gasteiger partial charge in [0.2, 0.25) is 0 Å². The molecule has 0 saturated heterocycles. The lowest BCUT2D eigenvalue weighted by Crippen LogP contribution is -2.15. The first-order valence-corrected chi connectivity index (χ1v) is 6.56. The molecule has 1 saturated carbocycles. The normalized spacial score (nSPS) is 17.4. The van der Waals surface area contributed by atoms with E-state index in [0.717, 1.165) is 18.4 Å². The molecule has 0 radical (unpaired) electrons. The fourth-order valence-electron chi connectivity index (χ4n) is 2.63. The van der Waals surface area contributed by atoms with Crippen LogP contribution in [0.15, 0.2) is 12.1 Å². The molecule has 1 aromatic carbocycles. The van der Waals surface area contributed by atoms with Crippen LogP contribution in [0.25, 0.3) is 0 Å². The largest absolute Gasteiger partial charge is 0.496 e. The molecule has 4 nitrogen and oxygen atoms in total. The number of methoxy groups -OCH3 is 2. The molecule has 0 aromatic heterocycles. The quantitative estimate of drug-likeness (QED) is 0.870. The number of benzene rings is 1. The van der Waals surface area contributed by atoms with Crippen LogP contribution in [0, 0.1) is 0 Å². The van der Waals surface area contributed by atoms with Crippen molar-refractivity contribution in [2.24, 2.45) is 0 Å². The van der Waals surface area contributed by atoms with E-state index in [9.17, 15) is 9.18 Å². The molecule has 20 heavy (non-hydrogen) atoms. The number of halogens is 1. The summed E-state index contributed by atoms with van der Waals surface area (Å²) in [6, 6.07) is 3.33. The number of ether oxygens (including phenoxy) is 2. The average Bonchev–Trinajstić information content (AvgIpc) is 3.16. The highest BCUT2D eigenvalue weighted by Gasteiger charge is 2.48. The molecule has 0 heterocycles. The van der Waals surface area contributed by atoms with Crippen molar-refractivity contribution in [3.63, 3.8) is 0 Å². The SMILES string of the molecule is COc1cc(OC)c(C2(CC(=O)O)CC2)cc1C(C)F. The Morgan fingerprint density at radius 2 is 1.95 bits per heavy atom. The molecule has 1 fully saturated rings. The predicted molar refractivity (Wildman–Crippen MR) is 72.2 cm³/mol. The van der Waals surface area contributed by atoms with Gasteiger partial charge in [-0.2, -0.15) is 0 Å². The van der Waals surface area contributed by atoms with Crippen molar-refractivity contribution in [1.29, 1.82) is 0 Å². The van der Waals surface area contributed by atoms with Crippen molar-refractivity contribution < 1.29 is 23.8 Å². The van der Waals surface area contributed by atoms with E-state index >= 15 is 0 Å². The third-order valence-corrected chi connectivity index (χ3v) is 3.89. The van der Waals surface area contributed by atoms with Crippen molar-refractivity contribution in [2.75, 3.05) is 14.2 Å². The molecule has 0 aliphatic heterocycles. The van der Waals surface area contributed by atoms with Gasteiger partial charge in [0, 0.05) is 22.6 Å². The van der Waals surface area contributed by atoms with E-state index in [1.807, 2.05) is 0 Å². The highest BCUT2D eigenvalue weighted by molar-refractivity contribution is 5.71. The monoisotopic (exact) mass is 282 g/mol. The maximum absolute atomic E-state index is 13.7. The highest BCUT2D eigenvalue weighted by atomic mass is 19.1. The van der Waals surface area contributed by atoms with Gasteiger partial charge in [-0.25, -0.2) is 4.39 Å². The smallest absolute Gasteiger partial charge is 0.304 e. The van der Waals surface area contributed by atoms with Gasteiger partial charge in [0.05, 0.1) is 20.6 Å². The summed E-state index contributed by atoms with van der Waals surface area (Å²) >= 11 is 0. The molecule has 0 amide bonds. The minimum Gasteiger partial charge on any atom is -0.496 e. The number of carbonyl (C=O) groups is 1. The number of aliphatic carboxylic acids is 1. The van der Waals surface area contributed by atoms with Crippen LogP contribution >= 0.6 is 0 Å². The zero-order chi connectivity index (χ0) is 14.9. The summed E-state index contributed by atoms with van der Waals surface area (Å²) < 4.78 is 24.2. The Morgan fingerprint density at radius 3 is 2.35 bits per heavy atom. The van der Waals surface area contributed by atoms with Gasteiger partial charge in [-0.3, -0.25) is 4.79 Å². The van der Waals surface area contributed by atoms with Crippen LogP contribution in [-0.4, -0.2) is 25.3 Å². The second-order valence-electron chi connectivity index (χ2n) is 5.26. The van der Waals surface area contributed by atoms with Gasteiger partial charge in [-0.15, -0.1) is 0 Å². The van der Waals surface area contributed by atoms with Crippen molar-refractivity contribution in [3.8, 4) is 11.5 Å². The van der Waals surface area contributed by atoms with E-state index in [1.54, 1.807) is 12.1 Å². The zero-order valence-corrected chi connectivity index (χ0v) is 11.9. The molecule has 1 N–H and O–H groups in total. The summed E-state index contributed by atoms with van der Waals surface area (Å²) in [6.45, 7) is 1.44. The van der Waals surface area contributed by atoms with E-state index < -0.39 is 17.6 Å². The Kier molecular flexibility index (Phi) is 3.88.